The average Bonchev–Trinajstić information content (AvgIpc) is 2.27. The second-order valence-electron chi connectivity index (χ2n) is 5.86. The number of aromatic hydroxyl groups is 1. The Morgan fingerprint density at radius 3 is 2.26 bits per heavy atom. The van der Waals surface area contributed by atoms with Crippen LogP contribution in [0.15, 0.2) is 18.2 Å². The average molecular weight is 263 g/mol. The molecule has 0 aliphatic heterocycles. The molecule has 106 valence electrons. The van der Waals surface area contributed by atoms with Gasteiger partial charge < -0.3 is 10.4 Å². The van der Waals surface area contributed by atoms with Gasteiger partial charge in [0.25, 0.3) is 5.91 Å². The first-order valence-electron chi connectivity index (χ1n) is 6.90. The fourth-order valence-electron chi connectivity index (χ4n) is 2.45. The van der Waals surface area contributed by atoms with Crippen molar-refractivity contribution in [2.24, 2.45) is 17.8 Å². The van der Waals surface area contributed by atoms with E-state index in [1.165, 1.54) is 0 Å². The highest BCUT2D eigenvalue weighted by atomic mass is 16.3. The molecule has 3 heteroatoms. The van der Waals surface area contributed by atoms with Crippen molar-refractivity contribution >= 4 is 5.91 Å². The van der Waals surface area contributed by atoms with E-state index in [-0.39, 0.29) is 11.7 Å². The zero-order chi connectivity index (χ0) is 14.6. The van der Waals surface area contributed by atoms with E-state index in [0.29, 0.717) is 29.9 Å². The molecule has 1 rings (SSSR count). The lowest BCUT2D eigenvalue weighted by Crippen LogP contribution is -2.34. The zero-order valence-corrected chi connectivity index (χ0v) is 12.5. The number of amides is 1. The van der Waals surface area contributed by atoms with Crippen LogP contribution in [0.5, 0.6) is 5.75 Å². The van der Waals surface area contributed by atoms with Crippen LogP contribution in [0.3, 0.4) is 0 Å². The van der Waals surface area contributed by atoms with Gasteiger partial charge in [-0.2, -0.15) is 0 Å². The molecule has 0 spiro atoms. The Hall–Kier alpha value is -1.51. The van der Waals surface area contributed by atoms with E-state index in [9.17, 15) is 9.90 Å². The minimum Gasteiger partial charge on any atom is -0.508 e. The van der Waals surface area contributed by atoms with Gasteiger partial charge in [0.2, 0.25) is 0 Å². The highest BCUT2D eigenvalue weighted by Crippen LogP contribution is 2.20. The van der Waals surface area contributed by atoms with Crippen molar-refractivity contribution in [3.05, 3.63) is 29.3 Å². The first-order chi connectivity index (χ1) is 8.82. The Kier molecular flexibility index (Phi) is 5.40. The smallest absolute Gasteiger partial charge is 0.251 e. The number of aryl methyl sites for hydroxylation is 1. The molecule has 0 fully saturated rings. The number of nitrogens with one attached hydrogen (secondary N) is 1. The molecular weight excluding hydrogens is 238 g/mol. The highest BCUT2D eigenvalue weighted by Gasteiger charge is 2.19. The lowest BCUT2D eigenvalue weighted by molar-refractivity contribution is 0.0936. The van der Waals surface area contributed by atoms with E-state index < -0.39 is 0 Å². The molecule has 0 radical (unpaired) electrons. The predicted molar refractivity (Wildman–Crippen MR) is 78.3 cm³/mol. The molecule has 3 nitrogen and oxygen atoms in total. The van der Waals surface area contributed by atoms with Gasteiger partial charge in [-0.15, -0.1) is 0 Å². The molecule has 0 atom stereocenters. The van der Waals surface area contributed by atoms with Crippen LogP contribution in [0.2, 0.25) is 0 Å². The van der Waals surface area contributed by atoms with Crippen LogP contribution in [0.1, 0.15) is 43.6 Å². The Morgan fingerprint density at radius 1 is 1.21 bits per heavy atom. The maximum Gasteiger partial charge on any atom is 0.251 e. The van der Waals surface area contributed by atoms with Crippen LogP contribution in [0, 0.1) is 24.7 Å². The molecule has 0 saturated carbocycles. The molecule has 0 unspecified atom stereocenters. The first kappa shape index (κ1) is 15.5. The van der Waals surface area contributed by atoms with Crippen LogP contribution in [0.4, 0.5) is 0 Å². The van der Waals surface area contributed by atoms with E-state index in [0.717, 1.165) is 5.56 Å². The highest BCUT2D eigenvalue weighted by molar-refractivity contribution is 5.95. The van der Waals surface area contributed by atoms with Gasteiger partial charge in [0.15, 0.2) is 0 Å². The quantitative estimate of drug-likeness (QED) is 0.855. The summed E-state index contributed by atoms with van der Waals surface area (Å²) in [6, 6.07) is 4.82. The molecule has 19 heavy (non-hydrogen) atoms. The maximum atomic E-state index is 12.1. The first-order valence-corrected chi connectivity index (χ1v) is 6.90. The Labute approximate surface area is 116 Å². The van der Waals surface area contributed by atoms with Crippen molar-refractivity contribution in [1.82, 2.24) is 5.32 Å². The monoisotopic (exact) mass is 263 g/mol. The number of carbonyl (C=O) groups excluding carboxylic acids is 1. The van der Waals surface area contributed by atoms with Crippen molar-refractivity contribution in [3.63, 3.8) is 0 Å². The second kappa shape index (κ2) is 6.60. The SMILES string of the molecule is Cc1cc(O)ccc1C(=O)NCC(C(C)C)C(C)C. The maximum absolute atomic E-state index is 12.1. The van der Waals surface area contributed by atoms with Gasteiger partial charge in [-0.1, -0.05) is 27.7 Å². The van der Waals surface area contributed by atoms with Crippen molar-refractivity contribution in [2.45, 2.75) is 34.6 Å². The van der Waals surface area contributed by atoms with Crippen LogP contribution in [-0.4, -0.2) is 17.6 Å². The molecule has 1 aromatic carbocycles. The summed E-state index contributed by atoms with van der Waals surface area (Å²) in [6.07, 6.45) is 0. The third-order valence-electron chi connectivity index (χ3n) is 3.67. The van der Waals surface area contributed by atoms with E-state index in [2.05, 4.69) is 33.0 Å². The lowest BCUT2D eigenvalue weighted by Gasteiger charge is -2.25. The minimum atomic E-state index is -0.0659. The summed E-state index contributed by atoms with van der Waals surface area (Å²) >= 11 is 0. The summed E-state index contributed by atoms with van der Waals surface area (Å²) in [5.41, 5.74) is 1.42. The Bertz CT molecular complexity index is 430. The molecule has 0 bridgehead atoms. The van der Waals surface area contributed by atoms with Gasteiger partial charge in [-0.3, -0.25) is 4.79 Å². The van der Waals surface area contributed by atoms with Crippen molar-refractivity contribution in [1.29, 1.82) is 0 Å². The van der Waals surface area contributed by atoms with E-state index in [1.807, 2.05) is 6.92 Å². The fraction of sp³-hybridized carbons (Fsp3) is 0.562. The van der Waals surface area contributed by atoms with E-state index >= 15 is 0 Å². The summed E-state index contributed by atoms with van der Waals surface area (Å²) in [7, 11) is 0. The van der Waals surface area contributed by atoms with Crippen molar-refractivity contribution in [2.75, 3.05) is 6.54 Å². The van der Waals surface area contributed by atoms with Crippen molar-refractivity contribution in [3.8, 4) is 5.75 Å². The molecule has 1 amide bonds. The van der Waals surface area contributed by atoms with Crippen LogP contribution in [-0.2, 0) is 0 Å². The summed E-state index contributed by atoms with van der Waals surface area (Å²) < 4.78 is 0. The standard InChI is InChI=1S/C16H25NO2/c1-10(2)15(11(3)4)9-17-16(19)14-7-6-13(18)8-12(14)5/h6-8,10-11,15,18H,9H2,1-5H3,(H,17,19). The van der Waals surface area contributed by atoms with Crippen molar-refractivity contribution < 1.29 is 9.90 Å². The lowest BCUT2D eigenvalue weighted by atomic mass is 9.85. The van der Waals surface area contributed by atoms with Gasteiger partial charge in [0.05, 0.1) is 0 Å². The predicted octanol–water partition coefficient (Wildman–Crippen LogP) is 3.36. The van der Waals surface area contributed by atoms with Crippen LogP contribution < -0.4 is 5.32 Å². The summed E-state index contributed by atoms with van der Waals surface area (Å²) in [6.45, 7) is 11.3. The number of hydrogen-bond acceptors (Lipinski definition) is 2. The topological polar surface area (TPSA) is 49.3 Å². The molecule has 1 aromatic rings. The summed E-state index contributed by atoms with van der Waals surface area (Å²) in [5.74, 6) is 1.68. The summed E-state index contributed by atoms with van der Waals surface area (Å²) in [4.78, 5) is 12.1. The van der Waals surface area contributed by atoms with Gasteiger partial charge in [-0.05, 0) is 48.4 Å². The summed E-state index contributed by atoms with van der Waals surface area (Å²) in [5, 5.41) is 12.4. The number of carbonyl (C=O) groups is 1. The Morgan fingerprint density at radius 2 is 1.79 bits per heavy atom. The van der Waals surface area contributed by atoms with Gasteiger partial charge >= 0.3 is 0 Å². The fourth-order valence-corrected chi connectivity index (χ4v) is 2.45. The van der Waals surface area contributed by atoms with Gasteiger partial charge in [-0.25, -0.2) is 0 Å². The van der Waals surface area contributed by atoms with Crippen LogP contribution in [0.25, 0.3) is 0 Å². The molecule has 0 aromatic heterocycles. The third kappa shape index (κ3) is 4.27. The van der Waals surface area contributed by atoms with Crippen LogP contribution >= 0.6 is 0 Å². The number of rotatable bonds is 5. The molecule has 0 aliphatic carbocycles. The van der Waals surface area contributed by atoms with Gasteiger partial charge in [0, 0.05) is 12.1 Å². The normalized spacial score (nSPS) is 11.4. The Balaban J connectivity index is 2.69. The molecule has 0 aliphatic rings. The number of hydrogen-bond donors (Lipinski definition) is 2. The molecular formula is C16H25NO2. The number of phenolic OH excluding ortho intramolecular Hbond substituents is 1. The molecule has 2 N–H and O–H groups in total. The largest absolute Gasteiger partial charge is 0.508 e. The van der Waals surface area contributed by atoms with E-state index in [1.54, 1.807) is 18.2 Å². The second-order valence-corrected chi connectivity index (χ2v) is 5.86. The molecule has 0 saturated heterocycles. The minimum absolute atomic E-state index is 0.0659. The zero-order valence-electron chi connectivity index (χ0n) is 12.5. The molecule has 0 heterocycles. The number of benzene rings is 1. The van der Waals surface area contributed by atoms with E-state index in [4.69, 9.17) is 0 Å². The third-order valence-corrected chi connectivity index (χ3v) is 3.67. The van der Waals surface area contributed by atoms with Gasteiger partial charge in [0.1, 0.15) is 5.75 Å². The number of phenols is 1.